The third-order valence-electron chi connectivity index (χ3n) is 4.32. The van der Waals surface area contributed by atoms with E-state index in [9.17, 15) is 9.59 Å². The molecule has 4 nitrogen and oxygen atoms in total. The summed E-state index contributed by atoms with van der Waals surface area (Å²) in [5, 5.41) is 4.71. The Kier molecular flexibility index (Phi) is 4.61. The van der Waals surface area contributed by atoms with Gasteiger partial charge in [0.15, 0.2) is 0 Å². The van der Waals surface area contributed by atoms with E-state index in [1.807, 2.05) is 23.6 Å². The van der Waals surface area contributed by atoms with E-state index in [0.29, 0.717) is 22.7 Å². The second-order valence-electron chi connectivity index (χ2n) is 5.99. The van der Waals surface area contributed by atoms with Crippen molar-refractivity contribution in [1.29, 1.82) is 0 Å². The van der Waals surface area contributed by atoms with E-state index in [0.717, 1.165) is 16.6 Å². The zero-order chi connectivity index (χ0) is 18.1. The monoisotopic (exact) mass is 426 g/mol. The van der Waals surface area contributed by atoms with Crippen LogP contribution in [0.2, 0.25) is 0 Å². The third-order valence-corrected chi connectivity index (χ3v) is 5.68. The fraction of sp³-hybridized carbons (Fsp3) is 0.100. The Bertz CT molecular complexity index is 968. The van der Waals surface area contributed by atoms with E-state index in [4.69, 9.17) is 0 Å². The number of halogens is 1. The lowest BCUT2D eigenvalue weighted by Gasteiger charge is -2.17. The summed E-state index contributed by atoms with van der Waals surface area (Å²) in [6, 6.07) is 16.6. The highest BCUT2D eigenvalue weighted by atomic mass is 79.9. The van der Waals surface area contributed by atoms with Crippen LogP contribution in [0.4, 0.5) is 11.4 Å². The van der Waals surface area contributed by atoms with Crippen molar-refractivity contribution >= 4 is 50.5 Å². The van der Waals surface area contributed by atoms with Crippen LogP contribution in [0.15, 0.2) is 64.5 Å². The van der Waals surface area contributed by atoms with Crippen molar-refractivity contribution in [2.75, 3.05) is 16.8 Å². The molecule has 1 aliphatic rings. The van der Waals surface area contributed by atoms with Gasteiger partial charge in [-0.25, -0.2) is 0 Å². The minimum Gasteiger partial charge on any atom is -0.321 e. The van der Waals surface area contributed by atoms with Crippen molar-refractivity contribution in [3.05, 3.63) is 80.5 Å². The standard InChI is InChI=1S/C20H15BrN2O2S/c21-15-5-8-17-14(12-15)9-10-23(17)20(25)13-3-6-16(7-4-13)22-19(24)18-2-1-11-26-18/h1-8,11-12H,9-10H2,(H,22,24). The van der Waals surface area contributed by atoms with Crippen molar-refractivity contribution in [1.82, 2.24) is 0 Å². The van der Waals surface area contributed by atoms with Gasteiger partial charge < -0.3 is 10.2 Å². The Morgan fingerprint density at radius 3 is 2.62 bits per heavy atom. The second-order valence-corrected chi connectivity index (χ2v) is 7.85. The number of rotatable bonds is 3. The molecule has 0 aliphatic carbocycles. The zero-order valence-electron chi connectivity index (χ0n) is 13.7. The predicted molar refractivity (Wildman–Crippen MR) is 108 cm³/mol. The molecule has 1 aromatic heterocycles. The molecular weight excluding hydrogens is 412 g/mol. The summed E-state index contributed by atoms with van der Waals surface area (Å²) in [5.41, 5.74) is 3.42. The summed E-state index contributed by atoms with van der Waals surface area (Å²) in [6.45, 7) is 0.682. The number of hydrogen-bond donors (Lipinski definition) is 1. The molecule has 0 spiro atoms. The topological polar surface area (TPSA) is 49.4 Å². The summed E-state index contributed by atoms with van der Waals surface area (Å²) in [5.74, 6) is -0.166. The maximum Gasteiger partial charge on any atom is 0.265 e. The van der Waals surface area contributed by atoms with Crippen LogP contribution in [0.3, 0.4) is 0 Å². The number of benzene rings is 2. The molecule has 2 amide bonds. The largest absolute Gasteiger partial charge is 0.321 e. The van der Waals surface area contributed by atoms with E-state index in [1.54, 1.807) is 35.2 Å². The first-order chi connectivity index (χ1) is 12.6. The average Bonchev–Trinajstić information content (AvgIpc) is 3.31. The molecule has 3 aromatic rings. The number of nitrogens with zero attached hydrogens (tertiary/aromatic N) is 1. The first kappa shape index (κ1) is 17.0. The van der Waals surface area contributed by atoms with Crippen LogP contribution in [0, 0.1) is 0 Å². The summed E-state index contributed by atoms with van der Waals surface area (Å²) in [7, 11) is 0. The van der Waals surface area contributed by atoms with Crippen LogP contribution in [-0.2, 0) is 6.42 Å². The van der Waals surface area contributed by atoms with Gasteiger partial charge in [0.1, 0.15) is 0 Å². The summed E-state index contributed by atoms with van der Waals surface area (Å²) in [6.07, 6.45) is 0.857. The zero-order valence-corrected chi connectivity index (χ0v) is 16.1. The molecule has 0 unspecified atom stereocenters. The van der Waals surface area contributed by atoms with Crippen molar-refractivity contribution in [3.63, 3.8) is 0 Å². The second kappa shape index (κ2) is 7.05. The van der Waals surface area contributed by atoms with Crippen molar-refractivity contribution in [2.45, 2.75) is 6.42 Å². The Morgan fingerprint density at radius 1 is 1.08 bits per heavy atom. The summed E-state index contributed by atoms with van der Waals surface area (Å²) < 4.78 is 1.02. The highest BCUT2D eigenvalue weighted by molar-refractivity contribution is 9.10. The van der Waals surface area contributed by atoms with Gasteiger partial charge in [-0.1, -0.05) is 22.0 Å². The number of anilines is 2. The average molecular weight is 427 g/mol. The highest BCUT2D eigenvalue weighted by Gasteiger charge is 2.25. The van der Waals surface area contributed by atoms with Gasteiger partial charge in [-0.15, -0.1) is 11.3 Å². The van der Waals surface area contributed by atoms with Crippen LogP contribution in [0.5, 0.6) is 0 Å². The Balaban J connectivity index is 1.49. The Morgan fingerprint density at radius 2 is 1.88 bits per heavy atom. The quantitative estimate of drug-likeness (QED) is 0.642. The molecule has 2 aromatic carbocycles. The lowest BCUT2D eigenvalue weighted by Crippen LogP contribution is -2.28. The molecule has 2 heterocycles. The normalized spacial score (nSPS) is 12.7. The van der Waals surface area contributed by atoms with Crippen LogP contribution in [-0.4, -0.2) is 18.4 Å². The van der Waals surface area contributed by atoms with E-state index in [2.05, 4.69) is 27.3 Å². The minimum atomic E-state index is -0.141. The van der Waals surface area contributed by atoms with Gasteiger partial charge in [0.2, 0.25) is 0 Å². The predicted octanol–water partition coefficient (Wildman–Crippen LogP) is 4.97. The first-order valence-corrected chi connectivity index (χ1v) is 9.84. The van der Waals surface area contributed by atoms with Crippen LogP contribution in [0.1, 0.15) is 25.6 Å². The SMILES string of the molecule is O=C(Nc1ccc(C(=O)N2CCc3cc(Br)ccc32)cc1)c1cccs1. The molecule has 0 saturated heterocycles. The van der Waals surface area contributed by atoms with E-state index in [-0.39, 0.29) is 11.8 Å². The van der Waals surface area contributed by atoms with Crippen molar-refractivity contribution in [3.8, 4) is 0 Å². The molecule has 0 fully saturated rings. The number of amides is 2. The van der Waals surface area contributed by atoms with E-state index < -0.39 is 0 Å². The van der Waals surface area contributed by atoms with Crippen molar-refractivity contribution in [2.24, 2.45) is 0 Å². The van der Waals surface area contributed by atoms with Gasteiger partial charge in [0, 0.05) is 28.0 Å². The fourth-order valence-electron chi connectivity index (χ4n) is 3.03. The maximum atomic E-state index is 12.8. The fourth-order valence-corrected chi connectivity index (χ4v) is 4.06. The van der Waals surface area contributed by atoms with Gasteiger partial charge in [-0.2, -0.15) is 0 Å². The number of nitrogens with one attached hydrogen (secondary N) is 1. The lowest BCUT2D eigenvalue weighted by molar-refractivity contribution is 0.0988. The van der Waals surface area contributed by atoms with Gasteiger partial charge in [0.25, 0.3) is 11.8 Å². The first-order valence-electron chi connectivity index (χ1n) is 8.17. The molecule has 4 rings (SSSR count). The molecule has 26 heavy (non-hydrogen) atoms. The van der Waals surface area contributed by atoms with Crippen LogP contribution in [0.25, 0.3) is 0 Å². The van der Waals surface area contributed by atoms with E-state index >= 15 is 0 Å². The van der Waals surface area contributed by atoms with E-state index in [1.165, 1.54) is 16.9 Å². The molecule has 130 valence electrons. The van der Waals surface area contributed by atoms with Crippen molar-refractivity contribution < 1.29 is 9.59 Å². The van der Waals surface area contributed by atoms with Gasteiger partial charge in [-0.3, -0.25) is 9.59 Å². The number of carbonyl (C=O) groups is 2. The summed E-state index contributed by atoms with van der Waals surface area (Å²) in [4.78, 5) is 27.4. The maximum absolute atomic E-state index is 12.8. The van der Waals surface area contributed by atoms with Gasteiger partial charge in [-0.05, 0) is 65.9 Å². The smallest absolute Gasteiger partial charge is 0.265 e. The molecule has 0 radical (unpaired) electrons. The minimum absolute atomic E-state index is 0.0257. The lowest BCUT2D eigenvalue weighted by atomic mass is 10.1. The number of fused-ring (bicyclic) bond motifs is 1. The molecule has 1 aliphatic heterocycles. The Labute approximate surface area is 163 Å². The Hall–Kier alpha value is -2.44. The van der Waals surface area contributed by atoms with Crippen LogP contribution >= 0.6 is 27.3 Å². The molecular formula is C20H15BrN2O2S. The molecule has 6 heteroatoms. The number of carbonyl (C=O) groups excluding carboxylic acids is 2. The number of thiophene rings is 1. The molecule has 0 saturated carbocycles. The molecule has 0 bridgehead atoms. The molecule has 0 atom stereocenters. The van der Waals surface area contributed by atoms with Gasteiger partial charge in [0.05, 0.1) is 4.88 Å². The summed E-state index contributed by atoms with van der Waals surface area (Å²) >= 11 is 4.86. The highest BCUT2D eigenvalue weighted by Crippen LogP contribution is 2.31. The van der Waals surface area contributed by atoms with Crippen LogP contribution < -0.4 is 10.2 Å². The number of hydrogen-bond acceptors (Lipinski definition) is 3. The van der Waals surface area contributed by atoms with Gasteiger partial charge >= 0.3 is 0 Å². The third kappa shape index (κ3) is 3.30. The molecule has 1 N–H and O–H groups in total.